The van der Waals surface area contributed by atoms with Gasteiger partial charge in [0.25, 0.3) is 0 Å². The topological polar surface area (TPSA) is 59.0 Å². The van der Waals surface area contributed by atoms with Crippen LogP contribution in [0.5, 0.6) is 0 Å². The Bertz CT molecular complexity index is 867. The third-order valence-electron chi connectivity index (χ3n) is 4.80. The van der Waals surface area contributed by atoms with Crippen LogP contribution in [0.1, 0.15) is 29.3 Å². The molecule has 4 heterocycles. The number of amides is 1. The Hall–Kier alpha value is -2.60. The Morgan fingerprint density at radius 2 is 2.12 bits per heavy atom. The molecular formula is C20H20N4OS. The SMILES string of the molecule is O=C(Cc1cccs1)N1CCC[C@@H](c2ncncc2-c2ccncc2)C1. The third kappa shape index (κ3) is 3.65. The molecule has 3 aromatic heterocycles. The number of likely N-dealkylation sites (tertiary alicyclic amines) is 1. The van der Waals surface area contributed by atoms with Crippen molar-refractivity contribution in [2.45, 2.75) is 25.2 Å². The van der Waals surface area contributed by atoms with Crippen molar-refractivity contribution < 1.29 is 4.79 Å². The molecule has 5 nitrogen and oxygen atoms in total. The number of piperidine rings is 1. The molecular weight excluding hydrogens is 344 g/mol. The zero-order valence-corrected chi connectivity index (χ0v) is 15.2. The van der Waals surface area contributed by atoms with Gasteiger partial charge >= 0.3 is 0 Å². The molecule has 0 radical (unpaired) electrons. The van der Waals surface area contributed by atoms with E-state index in [0.717, 1.165) is 47.6 Å². The lowest BCUT2D eigenvalue weighted by molar-refractivity contribution is -0.131. The van der Waals surface area contributed by atoms with E-state index in [1.165, 1.54) is 0 Å². The maximum Gasteiger partial charge on any atom is 0.227 e. The van der Waals surface area contributed by atoms with Crippen LogP contribution >= 0.6 is 11.3 Å². The van der Waals surface area contributed by atoms with Crippen LogP contribution in [0.15, 0.2) is 54.6 Å². The molecule has 0 bridgehead atoms. The highest BCUT2D eigenvalue weighted by molar-refractivity contribution is 7.10. The summed E-state index contributed by atoms with van der Waals surface area (Å²) in [6, 6.07) is 7.97. The van der Waals surface area contributed by atoms with Gasteiger partial charge in [0.15, 0.2) is 0 Å². The fourth-order valence-electron chi connectivity index (χ4n) is 3.52. The maximum absolute atomic E-state index is 12.7. The van der Waals surface area contributed by atoms with Gasteiger partial charge in [-0.2, -0.15) is 0 Å². The van der Waals surface area contributed by atoms with Gasteiger partial charge in [-0.25, -0.2) is 9.97 Å². The molecule has 132 valence electrons. The van der Waals surface area contributed by atoms with Gasteiger partial charge in [-0.3, -0.25) is 9.78 Å². The molecule has 4 rings (SSSR count). The fraction of sp³-hybridized carbons (Fsp3) is 0.300. The predicted octanol–water partition coefficient (Wildman–Crippen LogP) is 3.55. The first-order valence-corrected chi connectivity index (χ1v) is 9.69. The molecule has 1 saturated heterocycles. The monoisotopic (exact) mass is 364 g/mol. The lowest BCUT2D eigenvalue weighted by Gasteiger charge is -2.33. The molecule has 0 unspecified atom stereocenters. The zero-order valence-electron chi connectivity index (χ0n) is 14.4. The summed E-state index contributed by atoms with van der Waals surface area (Å²) in [5.41, 5.74) is 3.13. The molecule has 26 heavy (non-hydrogen) atoms. The van der Waals surface area contributed by atoms with Crippen molar-refractivity contribution in [2.24, 2.45) is 0 Å². The molecule has 6 heteroatoms. The third-order valence-corrected chi connectivity index (χ3v) is 5.68. The van der Waals surface area contributed by atoms with Crippen LogP contribution in [-0.2, 0) is 11.2 Å². The number of pyridine rings is 1. The second kappa shape index (κ2) is 7.74. The van der Waals surface area contributed by atoms with Gasteiger partial charge in [-0.15, -0.1) is 11.3 Å². The molecule has 1 fully saturated rings. The van der Waals surface area contributed by atoms with Crippen LogP contribution in [-0.4, -0.2) is 38.8 Å². The van der Waals surface area contributed by atoms with Crippen LogP contribution in [0, 0.1) is 0 Å². The van der Waals surface area contributed by atoms with E-state index < -0.39 is 0 Å². The van der Waals surface area contributed by atoms with Gasteiger partial charge in [0.05, 0.1) is 12.1 Å². The van der Waals surface area contributed by atoms with Crippen LogP contribution in [0.3, 0.4) is 0 Å². The summed E-state index contributed by atoms with van der Waals surface area (Å²) < 4.78 is 0. The van der Waals surface area contributed by atoms with Gasteiger partial charge in [-0.05, 0) is 42.0 Å². The minimum Gasteiger partial charge on any atom is -0.342 e. The second-order valence-corrected chi connectivity index (χ2v) is 7.52. The Labute approximate surface area is 156 Å². The standard InChI is InChI=1S/C20H20N4OS/c25-19(11-17-4-2-10-26-17)24-9-1-3-16(13-24)20-18(12-22-14-23-20)15-5-7-21-8-6-15/h2,4-8,10,12,14,16H,1,3,9,11,13H2/t16-/m1/s1. The summed E-state index contributed by atoms with van der Waals surface area (Å²) in [6.07, 6.45) is 9.56. The first-order valence-electron chi connectivity index (χ1n) is 8.81. The lowest BCUT2D eigenvalue weighted by Crippen LogP contribution is -2.40. The van der Waals surface area contributed by atoms with Crippen molar-refractivity contribution in [1.82, 2.24) is 19.9 Å². The second-order valence-electron chi connectivity index (χ2n) is 6.49. The summed E-state index contributed by atoms with van der Waals surface area (Å²) in [5, 5.41) is 2.02. The van der Waals surface area contributed by atoms with Crippen LogP contribution in [0.2, 0.25) is 0 Å². The number of aromatic nitrogens is 3. The quantitative estimate of drug-likeness (QED) is 0.710. The minimum atomic E-state index is 0.205. The van der Waals surface area contributed by atoms with E-state index in [4.69, 9.17) is 0 Å². The average Bonchev–Trinajstić information content (AvgIpc) is 3.22. The van der Waals surface area contributed by atoms with Crippen molar-refractivity contribution in [3.05, 3.63) is 65.1 Å². The van der Waals surface area contributed by atoms with Crippen LogP contribution in [0.4, 0.5) is 0 Å². The highest BCUT2D eigenvalue weighted by atomic mass is 32.1. The molecule has 0 spiro atoms. The van der Waals surface area contributed by atoms with E-state index in [1.54, 1.807) is 30.1 Å². The highest BCUT2D eigenvalue weighted by Crippen LogP contribution is 2.32. The summed E-state index contributed by atoms with van der Waals surface area (Å²) >= 11 is 1.64. The molecule has 3 aromatic rings. The van der Waals surface area contributed by atoms with Crippen molar-refractivity contribution in [3.63, 3.8) is 0 Å². The number of thiophene rings is 1. The summed E-state index contributed by atoms with van der Waals surface area (Å²) in [6.45, 7) is 1.55. The lowest BCUT2D eigenvalue weighted by atomic mass is 9.90. The first-order chi connectivity index (χ1) is 12.8. The van der Waals surface area contributed by atoms with Gasteiger partial charge in [0, 0.05) is 48.0 Å². The Kier molecular flexibility index (Phi) is 5.02. The van der Waals surface area contributed by atoms with Crippen molar-refractivity contribution in [2.75, 3.05) is 13.1 Å². The normalized spacial score (nSPS) is 17.2. The summed E-state index contributed by atoms with van der Waals surface area (Å²) in [4.78, 5) is 28.7. The summed E-state index contributed by atoms with van der Waals surface area (Å²) in [7, 11) is 0. The molecule has 1 aliphatic heterocycles. The van der Waals surface area contributed by atoms with E-state index >= 15 is 0 Å². The van der Waals surface area contributed by atoms with Gasteiger partial charge < -0.3 is 4.90 Å². The molecule has 1 atom stereocenters. The number of carbonyl (C=O) groups excluding carboxylic acids is 1. The minimum absolute atomic E-state index is 0.205. The van der Waals surface area contributed by atoms with Gasteiger partial charge in [0.2, 0.25) is 5.91 Å². The number of rotatable bonds is 4. The number of carbonyl (C=O) groups is 1. The maximum atomic E-state index is 12.7. The Balaban J connectivity index is 1.54. The Morgan fingerprint density at radius 1 is 1.23 bits per heavy atom. The predicted molar refractivity (Wildman–Crippen MR) is 102 cm³/mol. The smallest absolute Gasteiger partial charge is 0.227 e. The van der Waals surface area contributed by atoms with E-state index in [9.17, 15) is 4.79 Å². The fourth-order valence-corrected chi connectivity index (χ4v) is 4.22. The van der Waals surface area contributed by atoms with E-state index in [0.29, 0.717) is 6.42 Å². The van der Waals surface area contributed by atoms with E-state index in [-0.39, 0.29) is 11.8 Å². The van der Waals surface area contributed by atoms with E-state index in [2.05, 4.69) is 15.0 Å². The largest absolute Gasteiger partial charge is 0.342 e. The van der Waals surface area contributed by atoms with Gasteiger partial charge in [-0.1, -0.05) is 6.07 Å². The van der Waals surface area contributed by atoms with Crippen molar-refractivity contribution >= 4 is 17.2 Å². The summed E-state index contributed by atoms with van der Waals surface area (Å²) in [5.74, 6) is 0.443. The highest BCUT2D eigenvalue weighted by Gasteiger charge is 2.27. The van der Waals surface area contributed by atoms with Crippen molar-refractivity contribution in [3.8, 4) is 11.1 Å². The molecule has 1 amide bonds. The number of hydrogen-bond acceptors (Lipinski definition) is 5. The molecule has 0 aromatic carbocycles. The van der Waals surface area contributed by atoms with Crippen LogP contribution < -0.4 is 0 Å². The number of hydrogen-bond donors (Lipinski definition) is 0. The Morgan fingerprint density at radius 3 is 2.92 bits per heavy atom. The molecule has 0 aliphatic carbocycles. The molecule has 0 saturated carbocycles. The average molecular weight is 364 g/mol. The van der Waals surface area contributed by atoms with Gasteiger partial charge in [0.1, 0.15) is 6.33 Å². The zero-order chi connectivity index (χ0) is 17.8. The first kappa shape index (κ1) is 16.8. The van der Waals surface area contributed by atoms with E-state index in [1.807, 2.05) is 40.7 Å². The van der Waals surface area contributed by atoms with Crippen LogP contribution in [0.25, 0.3) is 11.1 Å². The molecule has 0 N–H and O–H groups in total. The molecule has 1 aliphatic rings. The number of nitrogens with zero attached hydrogens (tertiary/aromatic N) is 4. The van der Waals surface area contributed by atoms with Crippen molar-refractivity contribution in [1.29, 1.82) is 0 Å².